The fraction of sp³-hybridized carbons (Fsp3) is 0.833. The molecular formula is C6H14O4. The van der Waals surface area contributed by atoms with Gasteiger partial charge in [0, 0.05) is 14.2 Å². The van der Waals surface area contributed by atoms with Crippen LogP contribution in [0.2, 0.25) is 0 Å². The van der Waals surface area contributed by atoms with Crippen molar-refractivity contribution in [1.82, 2.24) is 0 Å². The number of hydrogen-bond donors (Lipinski definition) is 1. The van der Waals surface area contributed by atoms with Crippen LogP contribution in [0.4, 0.5) is 0 Å². The van der Waals surface area contributed by atoms with Gasteiger partial charge in [0.25, 0.3) is 0 Å². The standard InChI is InChI=1S/C4H8O3.C2H6O/c1-2-7-4(6)3-5;1-3-2/h5H,2-3H2,1H3;1-2H3. The summed E-state index contributed by atoms with van der Waals surface area (Å²) in [6, 6.07) is 0. The molecule has 0 fully saturated rings. The maximum Gasteiger partial charge on any atom is 0.331 e. The first kappa shape index (κ1) is 12.1. The summed E-state index contributed by atoms with van der Waals surface area (Å²) in [6.45, 7) is 1.50. The van der Waals surface area contributed by atoms with Gasteiger partial charge < -0.3 is 14.6 Å². The van der Waals surface area contributed by atoms with Crippen molar-refractivity contribution in [2.45, 2.75) is 6.92 Å². The third-order valence-electron chi connectivity index (χ3n) is 0.434. The minimum atomic E-state index is -0.567. The smallest absolute Gasteiger partial charge is 0.331 e. The molecule has 0 atom stereocenters. The van der Waals surface area contributed by atoms with Crippen molar-refractivity contribution < 1.29 is 19.4 Å². The normalized spacial score (nSPS) is 7.60. The number of hydrogen-bond acceptors (Lipinski definition) is 4. The molecule has 0 heterocycles. The highest BCUT2D eigenvalue weighted by Gasteiger charge is 1.92. The lowest BCUT2D eigenvalue weighted by molar-refractivity contribution is -0.146. The van der Waals surface area contributed by atoms with E-state index in [0.717, 1.165) is 0 Å². The summed E-state index contributed by atoms with van der Waals surface area (Å²) >= 11 is 0. The zero-order valence-electron chi connectivity index (χ0n) is 6.59. The molecule has 0 radical (unpaired) electrons. The van der Waals surface area contributed by atoms with Crippen LogP contribution in [0.25, 0.3) is 0 Å². The molecule has 0 unspecified atom stereocenters. The van der Waals surface area contributed by atoms with Gasteiger partial charge in [-0.3, -0.25) is 0 Å². The largest absolute Gasteiger partial charge is 0.464 e. The number of aliphatic hydroxyl groups is 1. The van der Waals surface area contributed by atoms with Crippen molar-refractivity contribution in [2.75, 3.05) is 27.4 Å². The lowest BCUT2D eigenvalue weighted by Gasteiger charge is -1.93. The third kappa shape index (κ3) is 15.7. The molecule has 0 aliphatic carbocycles. The first-order chi connectivity index (χ1) is 4.72. The molecule has 0 aliphatic heterocycles. The predicted molar refractivity (Wildman–Crippen MR) is 36.7 cm³/mol. The number of aliphatic hydroxyl groups excluding tert-OH is 1. The van der Waals surface area contributed by atoms with Crippen molar-refractivity contribution in [3.05, 3.63) is 0 Å². The Kier molecular flexibility index (Phi) is 13.6. The van der Waals surface area contributed by atoms with E-state index >= 15 is 0 Å². The first-order valence-corrected chi connectivity index (χ1v) is 2.89. The molecule has 0 aromatic heterocycles. The molecule has 1 N–H and O–H groups in total. The summed E-state index contributed by atoms with van der Waals surface area (Å²) in [6.07, 6.45) is 0. The Morgan fingerprint density at radius 2 is 1.90 bits per heavy atom. The van der Waals surface area contributed by atoms with Gasteiger partial charge in [0.15, 0.2) is 0 Å². The second-order valence-electron chi connectivity index (χ2n) is 1.37. The van der Waals surface area contributed by atoms with Gasteiger partial charge in [-0.2, -0.15) is 0 Å². The summed E-state index contributed by atoms with van der Waals surface area (Å²) in [5.41, 5.74) is 0. The minimum absolute atomic E-state index is 0.333. The highest BCUT2D eigenvalue weighted by Crippen LogP contribution is 1.71. The zero-order valence-corrected chi connectivity index (χ0v) is 6.59. The molecule has 4 nitrogen and oxygen atoms in total. The molecule has 0 amide bonds. The van der Waals surface area contributed by atoms with Crippen LogP contribution in [0, 0.1) is 0 Å². The second-order valence-corrected chi connectivity index (χ2v) is 1.37. The predicted octanol–water partition coefficient (Wildman–Crippen LogP) is -0.196. The van der Waals surface area contributed by atoms with Crippen LogP contribution >= 0.6 is 0 Å². The summed E-state index contributed by atoms with van der Waals surface area (Å²) in [5.74, 6) is -0.567. The fourth-order valence-electron chi connectivity index (χ4n) is 0.207. The summed E-state index contributed by atoms with van der Waals surface area (Å²) in [4.78, 5) is 9.94. The molecule has 62 valence electrons. The Hall–Kier alpha value is -0.610. The van der Waals surface area contributed by atoms with Crippen LogP contribution in [-0.4, -0.2) is 38.5 Å². The molecule has 0 aliphatic rings. The van der Waals surface area contributed by atoms with Crippen molar-refractivity contribution in [2.24, 2.45) is 0 Å². The molecular weight excluding hydrogens is 136 g/mol. The van der Waals surface area contributed by atoms with Gasteiger partial charge in [0.1, 0.15) is 6.61 Å². The number of methoxy groups -OCH3 is 1. The van der Waals surface area contributed by atoms with Crippen LogP contribution in [0.15, 0.2) is 0 Å². The van der Waals surface area contributed by atoms with E-state index in [9.17, 15) is 4.79 Å². The number of carbonyl (C=O) groups is 1. The minimum Gasteiger partial charge on any atom is -0.464 e. The lowest BCUT2D eigenvalue weighted by Crippen LogP contribution is -2.07. The Balaban J connectivity index is 0. The van der Waals surface area contributed by atoms with E-state index in [0.29, 0.717) is 6.61 Å². The Morgan fingerprint density at radius 1 is 1.50 bits per heavy atom. The highest BCUT2D eigenvalue weighted by molar-refractivity contribution is 5.70. The van der Waals surface area contributed by atoms with Gasteiger partial charge in [-0.05, 0) is 6.92 Å². The van der Waals surface area contributed by atoms with Gasteiger partial charge in [0.2, 0.25) is 0 Å². The van der Waals surface area contributed by atoms with Gasteiger partial charge >= 0.3 is 5.97 Å². The van der Waals surface area contributed by atoms with Gasteiger partial charge in [0.05, 0.1) is 6.61 Å². The second kappa shape index (κ2) is 11.2. The summed E-state index contributed by atoms with van der Waals surface area (Å²) < 4.78 is 8.55. The molecule has 0 aromatic rings. The van der Waals surface area contributed by atoms with Gasteiger partial charge in [-0.1, -0.05) is 0 Å². The van der Waals surface area contributed by atoms with Crippen molar-refractivity contribution >= 4 is 5.97 Å². The summed E-state index contributed by atoms with van der Waals surface area (Å²) in [7, 11) is 3.25. The highest BCUT2D eigenvalue weighted by atomic mass is 16.5. The first-order valence-electron chi connectivity index (χ1n) is 2.89. The number of esters is 1. The quantitative estimate of drug-likeness (QED) is 0.554. The fourth-order valence-corrected chi connectivity index (χ4v) is 0.207. The maximum atomic E-state index is 9.94. The van der Waals surface area contributed by atoms with Crippen LogP contribution in [0.5, 0.6) is 0 Å². The Labute approximate surface area is 60.8 Å². The topological polar surface area (TPSA) is 55.8 Å². The average molecular weight is 150 g/mol. The van der Waals surface area contributed by atoms with Crippen LogP contribution in [-0.2, 0) is 14.3 Å². The number of ether oxygens (including phenoxy) is 2. The van der Waals surface area contributed by atoms with E-state index in [1.54, 1.807) is 21.1 Å². The monoisotopic (exact) mass is 150 g/mol. The molecule has 0 aromatic carbocycles. The molecule has 0 bridgehead atoms. The number of rotatable bonds is 2. The average Bonchev–Trinajstić information content (AvgIpc) is 1.90. The summed E-state index contributed by atoms with van der Waals surface area (Å²) in [5, 5.41) is 7.99. The van der Waals surface area contributed by atoms with Crippen LogP contribution < -0.4 is 0 Å². The van der Waals surface area contributed by atoms with E-state index in [1.807, 2.05) is 0 Å². The third-order valence-corrected chi connectivity index (χ3v) is 0.434. The van der Waals surface area contributed by atoms with E-state index in [1.165, 1.54) is 0 Å². The molecule has 0 saturated carbocycles. The molecule has 4 heteroatoms. The molecule has 0 spiro atoms. The van der Waals surface area contributed by atoms with Crippen molar-refractivity contribution in [1.29, 1.82) is 0 Å². The van der Waals surface area contributed by atoms with E-state index in [4.69, 9.17) is 5.11 Å². The van der Waals surface area contributed by atoms with Crippen LogP contribution in [0.1, 0.15) is 6.92 Å². The Bertz CT molecular complexity index is 72.1. The van der Waals surface area contributed by atoms with Gasteiger partial charge in [-0.25, -0.2) is 4.79 Å². The SMILES string of the molecule is CCOC(=O)CO.COC. The molecule has 0 rings (SSSR count). The molecule has 10 heavy (non-hydrogen) atoms. The number of carbonyl (C=O) groups excluding carboxylic acids is 1. The van der Waals surface area contributed by atoms with Gasteiger partial charge in [-0.15, -0.1) is 0 Å². The van der Waals surface area contributed by atoms with Crippen LogP contribution in [0.3, 0.4) is 0 Å². The van der Waals surface area contributed by atoms with Crippen molar-refractivity contribution in [3.63, 3.8) is 0 Å². The van der Waals surface area contributed by atoms with Crippen molar-refractivity contribution in [3.8, 4) is 0 Å². The molecule has 0 saturated heterocycles. The lowest BCUT2D eigenvalue weighted by atomic mass is 10.7. The van der Waals surface area contributed by atoms with E-state index < -0.39 is 12.6 Å². The Morgan fingerprint density at radius 3 is 2.00 bits per heavy atom. The zero-order chi connectivity index (χ0) is 8.41. The maximum absolute atomic E-state index is 9.94. The van der Waals surface area contributed by atoms with E-state index in [-0.39, 0.29) is 0 Å². The van der Waals surface area contributed by atoms with E-state index in [2.05, 4.69) is 9.47 Å².